The molecule has 0 radical (unpaired) electrons. The van der Waals surface area contributed by atoms with Gasteiger partial charge in [-0.25, -0.2) is 0 Å². The number of fused-ring (bicyclic) bond motifs is 1. The monoisotopic (exact) mass is 389 g/mol. The maximum atomic E-state index is 11.3. The van der Waals surface area contributed by atoms with Crippen LogP contribution in [0.15, 0.2) is 48.8 Å². The molecule has 1 aromatic heterocycles. The van der Waals surface area contributed by atoms with Gasteiger partial charge in [0.2, 0.25) is 0 Å². The van der Waals surface area contributed by atoms with Gasteiger partial charge in [0.15, 0.2) is 0 Å². The van der Waals surface area contributed by atoms with Crippen molar-refractivity contribution in [3.05, 3.63) is 64.5 Å². The molecule has 2 heterocycles. The number of hydrogen-bond donors (Lipinski definition) is 2. The van der Waals surface area contributed by atoms with Crippen molar-refractivity contribution in [3.8, 4) is 6.07 Å². The van der Waals surface area contributed by atoms with Gasteiger partial charge in [0.25, 0.3) is 5.69 Å². The molecular weight excluding hydrogens is 370 g/mol. The topological polar surface area (TPSA) is 115 Å². The fraction of sp³-hybridized carbons (Fsp3) is 0.238. The lowest BCUT2D eigenvalue weighted by molar-refractivity contribution is -0.383. The smallest absolute Gasteiger partial charge is 0.278 e. The summed E-state index contributed by atoms with van der Waals surface area (Å²) in [6, 6.07) is 12.6. The first-order valence-electron chi connectivity index (χ1n) is 9.32. The lowest BCUT2D eigenvalue weighted by Gasteiger charge is -2.32. The van der Waals surface area contributed by atoms with Gasteiger partial charge in [0, 0.05) is 48.3 Å². The second-order valence-electron chi connectivity index (χ2n) is 7.00. The van der Waals surface area contributed by atoms with Crippen LogP contribution in [0, 0.1) is 21.4 Å². The van der Waals surface area contributed by atoms with Crippen LogP contribution < -0.4 is 10.2 Å². The molecule has 2 aromatic carbocycles. The number of nitrogens with one attached hydrogen (secondary N) is 1. The number of piperidine rings is 1. The minimum atomic E-state index is -0.425. The molecule has 29 heavy (non-hydrogen) atoms. The molecule has 8 heteroatoms. The maximum Gasteiger partial charge on any atom is 0.278 e. The number of hydrogen-bond acceptors (Lipinski definition) is 7. The van der Waals surface area contributed by atoms with Gasteiger partial charge in [-0.15, -0.1) is 0 Å². The van der Waals surface area contributed by atoms with Gasteiger partial charge < -0.3 is 15.3 Å². The van der Waals surface area contributed by atoms with E-state index < -0.39 is 4.92 Å². The lowest BCUT2D eigenvalue weighted by Crippen LogP contribution is -2.36. The van der Waals surface area contributed by atoms with Crippen molar-refractivity contribution in [2.75, 3.05) is 23.3 Å². The molecule has 1 fully saturated rings. The van der Waals surface area contributed by atoms with E-state index in [4.69, 9.17) is 0 Å². The molecule has 3 aromatic rings. The average molecular weight is 389 g/mol. The van der Waals surface area contributed by atoms with Crippen molar-refractivity contribution >= 4 is 33.5 Å². The number of benzene rings is 2. The van der Waals surface area contributed by atoms with E-state index in [0.717, 1.165) is 5.69 Å². The van der Waals surface area contributed by atoms with Gasteiger partial charge in [-0.1, -0.05) is 0 Å². The number of aliphatic hydroxyl groups excluding tert-OH is 1. The van der Waals surface area contributed by atoms with E-state index in [0.29, 0.717) is 53.6 Å². The van der Waals surface area contributed by atoms with E-state index in [1.54, 1.807) is 24.4 Å². The Morgan fingerprint density at radius 1 is 1.21 bits per heavy atom. The fourth-order valence-corrected chi connectivity index (χ4v) is 3.68. The fourth-order valence-electron chi connectivity index (χ4n) is 3.68. The Kier molecular flexibility index (Phi) is 4.97. The molecule has 146 valence electrons. The number of non-ortho nitro benzene ring substituents is 1. The highest BCUT2D eigenvalue weighted by molar-refractivity contribution is 6.00. The van der Waals surface area contributed by atoms with Gasteiger partial charge in [0.1, 0.15) is 6.07 Å². The Bertz CT molecular complexity index is 1120. The highest BCUT2D eigenvalue weighted by Crippen LogP contribution is 2.34. The summed E-state index contributed by atoms with van der Waals surface area (Å²) in [7, 11) is 0. The minimum absolute atomic E-state index is 0.000928. The van der Waals surface area contributed by atoms with E-state index in [-0.39, 0.29) is 11.8 Å². The van der Waals surface area contributed by atoms with Gasteiger partial charge in [-0.05, 0) is 43.2 Å². The highest BCUT2D eigenvalue weighted by atomic mass is 16.6. The van der Waals surface area contributed by atoms with Crippen molar-refractivity contribution in [2.24, 2.45) is 0 Å². The third kappa shape index (κ3) is 3.68. The van der Waals surface area contributed by atoms with E-state index in [2.05, 4.69) is 21.3 Å². The van der Waals surface area contributed by atoms with Crippen LogP contribution in [-0.4, -0.2) is 34.2 Å². The summed E-state index contributed by atoms with van der Waals surface area (Å²) in [5.74, 6) is 0. The molecule has 0 bridgehead atoms. The van der Waals surface area contributed by atoms with Gasteiger partial charge in [-0.2, -0.15) is 5.26 Å². The molecule has 2 N–H and O–H groups in total. The number of pyridine rings is 1. The van der Waals surface area contributed by atoms with Crippen LogP contribution in [0.1, 0.15) is 18.4 Å². The maximum absolute atomic E-state index is 11.3. The zero-order valence-corrected chi connectivity index (χ0v) is 15.6. The van der Waals surface area contributed by atoms with Gasteiger partial charge >= 0.3 is 0 Å². The van der Waals surface area contributed by atoms with Crippen molar-refractivity contribution in [1.82, 2.24) is 4.98 Å². The molecule has 1 aliphatic heterocycles. The molecule has 0 aliphatic carbocycles. The van der Waals surface area contributed by atoms with Gasteiger partial charge in [0.05, 0.1) is 27.7 Å². The lowest BCUT2D eigenvalue weighted by atomic mass is 10.0. The normalized spacial score (nSPS) is 14.6. The summed E-state index contributed by atoms with van der Waals surface area (Å²) in [5.41, 5.74) is 2.81. The summed E-state index contributed by atoms with van der Waals surface area (Å²) in [4.78, 5) is 17.0. The van der Waals surface area contributed by atoms with E-state index in [1.807, 2.05) is 12.1 Å². The molecule has 8 nitrogen and oxygen atoms in total. The number of nitriles is 1. The molecule has 0 saturated carbocycles. The van der Waals surface area contributed by atoms with Crippen LogP contribution in [0.4, 0.5) is 22.7 Å². The third-order valence-corrected chi connectivity index (χ3v) is 5.19. The second-order valence-corrected chi connectivity index (χ2v) is 7.00. The Labute approximate surface area is 167 Å². The molecule has 0 amide bonds. The Morgan fingerprint density at radius 2 is 2.00 bits per heavy atom. The largest absolute Gasteiger partial charge is 0.393 e. The zero-order valence-electron chi connectivity index (χ0n) is 15.6. The summed E-state index contributed by atoms with van der Waals surface area (Å²) in [5, 5.41) is 35.0. The molecule has 0 atom stereocenters. The Morgan fingerprint density at radius 3 is 2.72 bits per heavy atom. The van der Waals surface area contributed by atoms with Crippen molar-refractivity contribution in [1.29, 1.82) is 5.26 Å². The number of nitro groups is 1. The SMILES string of the molecule is N#Cc1cc(Nc2ccc([N+](=O)[O-])c3cnccc23)ccc1N1CCC(O)CC1. The Balaban J connectivity index is 1.66. The quantitative estimate of drug-likeness (QED) is 0.516. The molecular formula is C21H19N5O3. The summed E-state index contributed by atoms with van der Waals surface area (Å²) >= 11 is 0. The number of nitro benzene ring substituents is 1. The van der Waals surface area contributed by atoms with Crippen LogP contribution in [0.5, 0.6) is 0 Å². The number of rotatable bonds is 4. The van der Waals surface area contributed by atoms with Crippen molar-refractivity contribution in [3.63, 3.8) is 0 Å². The summed E-state index contributed by atoms with van der Waals surface area (Å²) < 4.78 is 0. The molecule has 0 unspecified atom stereocenters. The zero-order chi connectivity index (χ0) is 20.4. The molecule has 4 rings (SSSR count). The van der Waals surface area contributed by atoms with E-state index >= 15 is 0 Å². The molecule has 1 saturated heterocycles. The van der Waals surface area contributed by atoms with Crippen LogP contribution in [-0.2, 0) is 0 Å². The minimum Gasteiger partial charge on any atom is -0.393 e. The summed E-state index contributed by atoms with van der Waals surface area (Å²) in [6.07, 6.45) is 4.17. The number of aromatic nitrogens is 1. The predicted octanol–water partition coefficient (Wildman–Crippen LogP) is 3.72. The first-order valence-corrected chi connectivity index (χ1v) is 9.32. The number of aliphatic hydroxyl groups is 1. The van der Waals surface area contributed by atoms with Crippen molar-refractivity contribution in [2.45, 2.75) is 18.9 Å². The average Bonchev–Trinajstić information content (AvgIpc) is 2.74. The molecule has 0 spiro atoms. The number of anilines is 3. The number of nitrogens with zero attached hydrogens (tertiary/aromatic N) is 4. The van der Waals surface area contributed by atoms with Crippen LogP contribution >= 0.6 is 0 Å². The van der Waals surface area contributed by atoms with Gasteiger partial charge in [-0.3, -0.25) is 15.1 Å². The predicted molar refractivity (Wildman–Crippen MR) is 110 cm³/mol. The van der Waals surface area contributed by atoms with Crippen molar-refractivity contribution < 1.29 is 10.0 Å². The van der Waals surface area contributed by atoms with Crippen LogP contribution in [0.2, 0.25) is 0 Å². The summed E-state index contributed by atoms with van der Waals surface area (Å²) in [6.45, 7) is 1.42. The molecule has 1 aliphatic rings. The van der Waals surface area contributed by atoms with Crippen LogP contribution in [0.25, 0.3) is 10.8 Å². The van der Waals surface area contributed by atoms with E-state index in [1.165, 1.54) is 12.3 Å². The van der Waals surface area contributed by atoms with E-state index in [9.17, 15) is 20.5 Å². The first-order chi connectivity index (χ1) is 14.1. The standard InChI is InChI=1S/C21H19N5O3/c22-12-14-11-15(1-3-20(14)25-9-6-16(27)7-10-25)24-19-2-4-21(26(28)29)18-13-23-8-5-17(18)19/h1-5,8,11,13,16,24,27H,6-7,9-10H2. The second kappa shape index (κ2) is 7.73. The van der Waals surface area contributed by atoms with Crippen LogP contribution in [0.3, 0.4) is 0 Å². The third-order valence-electron chi connectivity index (χ3n) is 5.19. The highest BCUT2D eigenvalue weighted by Gasteiger charge is 2.20. The Hall–Kier alpha value is -3.70. The first kappa shape index (κ1) is 18.7.